The van der Waals surface area contributed by atoms with Gasteiger partial charge in [0.05, 0.1) is 12.8 Å². The molecule has 11 nitrogen and oxygen atoms in total. The van der Waals surface area contributed by atoms with E-state index in [0.717, 1.165) is 33.2 Å². The fourth-order valence-corrected chi connectivity index (χ4v) is 5.43. The van der Waals surface area contributed by atoms with Crippen molar-refractivity contribution in [1.29, 1.82) is 0 Å². The predicted octanol–water partition coefficient (Wildman–Crippen LogP) is 2.75. The van der Waals surface area contributed by atoms with Gasteiger partial charge in [0.25, 0.3) is 11.5 Å². The molecule has 0 spiro atoms. The Labute approximate surface area is 248 Å². The van der Waals surface area contributed by atoms with Crippen LogP contribution in [-0.2, 0) is 25.4 Å². The van der Waals surface area contributed by atoms with E-state index in [1.54, 1.807) is 25.2 Å². The molecule has 2 aromatic carbocycles. The van der Waals surface area contributed by atoms with E-state index in [1.165, 1.54) is 18.7 Å². The maximum absolute atomic E-state index is 13.8. The van der Waals surface area contributed by atoms with E-state index in [0.29, 0.717) is 31.0 Å². The topological polar surface area (TPSA) is 136 Å². The molecule has 3 N–H and O–H groups in total. The van der Waals surface area contributed by atoms with Gasteiger partial charge in [-0.3, -0.25) is 23.5 Å². The quantitative estimate of drug-likeness (QED) is 0.276. The molecule has 0 aliphatic carbocycles. The van der Waals surface area contributed by atoms with Crippen molar-refractivity contribution in [3.8, 4) is 28.3 Å². The van der Waals surface area contributed by atoms with E-state index in [4.69, 9.17) is 4.74 Å². The highest BCUT2D eigenvalue weighted by Gasteiger charge is 2.26. The van der Waals surface area contributed by atoms with Crippen LogP contribution in [0.1, 0.15) is 34.3 Å². The molecule has 4 aromatic rings. The Bertz CT molecular complexity index is 1810. The zero-order valence-electron chi connectivity index (χ0n) is 24.6. The van der Waals surface area contributed by atoms with Gasteiger partial charge >= 0.3 is 5.69 Å². The van der Waals surface area contributed by atoms with Gasteiger partial charge in [-0.25, -0.2) is 4.79 Å². The number of nitrogens with zero attached hydrogens (tertiary/aromatic N) is 3. The number of anilines is 1. The van der Waals surface area contributed by atoms with Crippen LogP contribution in [0.3, 0.4) is 0 Å². The predicted molar refractivity (Wildman–Crippen MR) is 164 cm³/mol. The summed E-state index contributed by atoms with van der Waals surface area (Å²) in [6.45, 7) is 2.96. The number of nitrogens with one attached hydrogen (secondary N) is 3. The van der Waals surface area contributed by atoms with Gasteiger partial charge in [-0.15, -0.1) is 0 Å². The van der Waals surface area contributed by atoms with E-state index in [2.05, 4.69) is 20.9 Å². The molecule has 2 amide bonds. The molecule has 1 atom stereocenters. The first-order valence-corrected chi connectivity index (χ1v) is 14.0. The lowest BCUT2D eigenvalue weighted by Gasteiger charge is -2.19. The Morgan fingerprint density at radius 1 is 1.00 bits per heavy atom. The smallest absolute Gasteiger partial charge is 0.330 e. The molecule has 1 aliphatic rings. The third kappa shape index (κ3) is 5.98. The van der Waals surface area contributed by atoms with Crippen molar-refractivity contribution in [2.24, 2.45) is 14.1 Å². The van der Waals surface area contributed by atoms with Gasteiger partial charge in [-0.2, -0.15) is 4.98 Å². The molecule has 0 saturated carbocycles. The lowest BCUT2D eigenvalue weighted by atomic mass is 9.93. The molecule has 1 aliphatic heterocycles. The summed E-state index contributed by atoms with van der Waals surface area (Å²) < 4.78 is 7.71. The summed E-state index contributed by atoms with van der Waals surface area (Å²) in [5.41, 5.74) is 2.84. The van der Waals surface area contributed by atoms with Gasteiger partial charge in [0, 0.05) is 50.8 Å². The van der Waals surface area contributed by atoms with Crippen molar-refractivity contribution < 1.29 is 14.3 Å². The first-order chi connectivity index (χ1) is 20.7. The number of methoxy groups -OCH3 is 1. The number of hydrogen-bond donors (Lipinski definition) is 3. The third-order valence-corrected chi connectivity index (χ3v) is 7.73. The second kappa shape index (κ2) is 12.5. The van der Waals surface area contributed by atoms with Gasteiger partial charge < -0.3 is 20.7 Å². The number of pyridine rings is 1. The average molecular weight is 583 g/mol. The number of carbonyl (C=O) groups is 2. The molecule has 5 rings (SSSR count). The molecular weight excluding hydrogens is 548 g/mol. The zero-order valence-corrected chi connectivity index (χ0v) is 24.6. The summed E-state index contributed by atoms with van der Waals surface area (Å²) in [5.74, 6) is -0.152. The number of ether oxygens (including phenoxy) is 1. The lowest BCUT2D eigenvalue weighted by Crippen LogP contribution is -2.42. The highest BCUT2D eigenvalue weighted by atomic mass is 16.5. The third-order valence-electron chi connectivity index (χ3n) is 7.73. The van der Waals surface area contributed by atoms with Crippen LogP contribution >= 0.6 is 0 Å². The van der Waals surface area contributed by atoms with Gasteiger partial charge in [-0.1, -0.05) is 48.5 Å². The summed E-state index contributed by atoms with van der Waals surface area (Å²) >= 11 is 0. The Balaban J connectivity index is 1.47. The van der Waals surface area contributed by atoms with Crippen molar-refractivity contribution >= 4 is 17.6 Å². The SMILES string of the molecule is COc1nc(NC(=O)c2c(-c3cccc(-c4ccccc4)c3C)n(C)c(=O)n(C)c2=O)ccc1CNCC1CCC(=O)N1. The number of rotatable bonds is 9. The maximum Gasteiger partial charge on any atom is 0.330 e. The summed E-state index contributed by atoms with van der Waals surface area (Å²) in [6, 6.07) is 18.8. The largest absolute Gasteiger partial charge is 0.481 e. The monoisotopic (exact) mass is 582 g/mol. The highest BCUT2D eigenvalue weighted by Crippen LogP contribution is 2.32. The summed E-state index contributed by atoms with van der Waals surface area (Å²) in [4.78, 5) is 56.2. The van der Waals surface area contributed by atoms with E-state index in [9.17, 15) is 19.2 Å². The molecule has 43 heavy (non-hydrogen) atoms. The van der Waals surface area contributed by atoms with Crippen molar-refractivity contribution in [3.63, 3.8) is 0 Å². The number of amides is 2. The molecule has 0 bridgehead atoms. The van der Waals surface area contributed by atoms with Crippen LogP contribution < -0.4 is 31.9 Å². The Morgan fingerprint density at radius 2 is 1.74 bits per heavy atom. The van der Waals surface area contributed by atoms with Crippen molar-refractivity contribution in [2.75, 3.05) is 19.0 Å². The first kappa shape index (κ1) is 29.5. The molecule has 1 saturated heterocycles. The average Bonchev–Trinajstić information content (AvgIpc) is 3.43. The van der Waals surface area contributed by atoms with Crippen molar-refractivity contribution in [3.05, 3.63) is 98.2 Å². The van der Waals surface area contributed by atoms with Crippen molar-refractivity contribution in [2.45, 2.75) is 32.4 Å². The van der Waals surface area contributed by atoms with E-state index in [1.807, 2.05) is 49.4 Å². The zero-order chi connectivity index (χ0) is 30.7. The second-order valence-electron chi connectivity index (χ2n) is 10.5. The number of aromatic nitrogens is 3. The standard InChI is InChI=1S/C32H34N6O5/c1-19-23(20-9-6-5-7-10-20)11-8-12-24(19)28-27(31(41)38(3)32(42)37(28)2)29(40)35-25-15-13-21(30(36-25)43-4)17-33-18-22-14-16-26(39)34-22/h5-13,15,22,33H,14,16-18H2,1-4H3,(H,34,39)(H,35,36,40). The number of hydrogen-bond acceptors (Lipinski definition) is 7. The molecular formula is C32H34N6O5. The second-order valence-corrected chi connectivity index (χ2v) is 10.5. The van der Waals surface area contributed by atoms with E-state index in [-0.39, 0.29) is 29.0 Å². The van der Waals surface area contributed by atoms with Gasteiger partial charge in [0.1, 0.15) is 11.4 Å². The van der Waals surface area contributed by atoms with Gasteiger partial charge in [-0.05, 0) is 42.2 Å². The van der Waals surface area contributed by atoms with Gasteiger partial charge in [0.2, 0.25) is 11.8 Å². The molecule has 11 heteroatoms. The van der Waals surface area contributed by atoms with Crippen LogP contribution in [0.15, 0.2) is 70.3 Å². The molecule has 3 heterocycles. The van der Waals surface area contributed by atoms with Crippen LogP contribution in [0.4, 0.5) is 5.82 Å². The van der Waals surface area contributed by atoms with E-state index >= 15 is 0 Å². The molecule has 222 valence electrons. The van der Waals surface area contributed by atoms with Crippen molar-refractivity contribution in [1.82, 2.24) is 24.8 Å². The fraction of sp³-hybridized carbons (Fsp3) is 0.281. The van der Waals surface area contributed by atoms with Crippen LogP contribution in [0.25, 0.3) is 22.4 Å². The lowest BCUT2D eigenvalue weighted by molar-refractivity contribution is -0.119. The molecule has 1 unspecified atom stereocenters. The van der Waals surface area contributed by atoms with Crippen LogP contribution in [0, 0.1) is 6.92 Å². The minimum absolute atomic E-state index is 0.0571. The molecule has 2 aromatic heterocycles. The normalized spacial score (nSPS) is 14.4. The summed E-state index contributed by atoms with van der Waals surface area (Å²) in [6.07, 6.45) is 1.32. The summed E-state index contributed by atoms with van der Waals surface area (Å²) in [5, 5.41) is 8.95. The molecule has 0 radical (unpaired) electrons. The van der Waals surface area contributed by atoms with Crippen LogP contribution in [-0.4, -0.2) is 45.6 Å². The number of benzene rings is 2. The number of carbonyl (C=O) groups excluding carboxylic acids is 2. The highest BCUT2D eigenvalue weighted by molar-refractivity contribution is 6.08. The maximum atomic E-state index is 13.8. The van der Waals surface area contributed by atoms with E-state index < -0.39 is 17.2 Å². The minimum Gasteiger partial charge on any atom is -0.481 e. The Morgan fingerprint density at radius 3 is 2.44 bits per heavy atom. The Hall–Kier alpha value is -5.03. The van der Waals surface area contributed by atoms with Crippen LogP contribution in [0.5, 0.6) is 5.88 Å². The van der Waals surface area contributed by atoms with Gasteiger partial charge in [0.15, 0.2) is 0 Å². The van der Waals surface area contributed by atoms with Crippen LogP contribution in [0.2, 0.25) is 0 Å². The Kier molecular flexibility index (Phi) is 8.53. The molecule has 1 fully saturated rings. The minimum atomic E-state index is -0.716. The first-order valence-electron chi connectivity index (χ1n) is 14.0. The fourth-order valence-electron chi connectivity index (χ4n) is 5.43. The summed E-state index contributed by atoms with van der Waals surface area (Å²) in [7, 11) is 4.37.